The third kappa shape index (κ3) is 4.60. The number of ether oxygens (including phenoxy) is 1. The number of alkyl carbamates (subject to hydrolysis) is 1. The number of carboxylic acid groups (broad SMARTS) is 1. The summed E-state index contributed by atoms with van der Waals surface area (Å²) in [6.45, 7) is 0.367. The third-order valence-electron chi connectivity index (χ3n) is 6.47. The summed E-state index contributed by atoms with van der Waals surface area (Å²) in [5.41, 5.74) is 4.04. The number of rotatable bonds is 6. The quantitative estimate of drug-likeness (QED) is 0.666. The van der Waals surface area contributed by atoms with Crippen molar-refractivity contribution in [3.63, 3.8) is 0 Å². The van der Waals surface area contributed by atoms with E-state index < -0.39 is 36.5 Å². The minimum Gasteiger partial charge on any atom is -0.480 e. The van der Waals surface area contributed by atoms with E-state index in [4.69, 9.17) is 4.74 Å². The molecule has 1 aliphatic carbocycles. The summed E-state index contributed by atoms with van der Waals surface area (Å²) in [7, 11) is 0. The molecule has 9 heteroatoms. The highest BCUT2D eigenvalue weighted by Crippen LogP contribution is 2.44. The lowest BCUT2D eigenvalue weighted by Crippen LogP contribution is -2.57. The summed E-state index contributed by atoms with van der Waals surface area (Å²) in [5.74, 6) is -7.21. The maximum atomic E-state index is 14.6. The molecule has 2 aromatic rings. The van der Waals surface area contributed by atoms with Crippen molar-refractivity contribution in [1.29, 1.82) is 0 Å². The van der Waals surface area contributed by atoms with Crippen LogP contribution in [0.1, 0.15) is 36.8 Å². The summed E-state index contributed by atoms with van der Waals surface area (Å²) in [5, 5.41) is 11.3. The van der Waals surface area contributed by atoms with Gasteiger partial charge in [-0.05, 0) is 41.0 Å². The van der Waals surface area contributed by atoms with E-state index in [-0.39, 0.29) is 31.4 Å². The fraction of sp³-hybridized carbons (Fsp3) is 0.400. The zero-order chi connectivity index (χ0) is 24.5. The van der Waals surface area contributed by atoms with Gasteiger partial charge in [0.25, 0.3) is 5.91 Å². The number of hydrogen-bond acceptors (Lipinski definition) is 4. The molecule has 1 saturated heterocycles. The second kappa shape index (κ2) is 9.40. The molecule has 2 N–H and O–H groups in total. The molecule has 1 aliphatic heterocycles. The van der Waals surface area contributed by atoms with Crippen LogP contribution in [-0.2, 0) is 14.3 Å². The molecule has 4 rings (SSSR count). The average Bonchev–Trinajstić information content (AvgIpc) is 3.14. The number of nitrogens with zero attached hydrogens (tertiary/aromatic N) is 1. The van der Waals surface area contributed by atoms with E-state index in [2.05, 4.69) is 0 Å². The highest BCUT2D eigenvalue weighted by molar-refractivity contribution is 5.89. The topological polar surface area (TPSA) is 95.9 Å². The Labute approximate surface area is 195 Å². The van der Waals surface area contributed by atoms with Crippen LogP contribution >= 0.6 is 0 Å². The predicted octanol–water partition coefficient (Wildman–Crippen LogP) is 3.87. The van der Waals surface area contributed by atoms with Crippen molar-refractivity contribution in [2.75, 3.05) is 19.7 Å². The van der Waals surface area contributed by atoms with E-state index >= 15 is 0 Å². The molecule has 0 bridgehead atoms. The van der Waals surface area contributed by atoms with E-state index in [1.165, 1.54) is 0 Å². The molecular weight excluding hydrogens is 446 g/mol. The third-order valence-corrected chi connectivity index (χ3v) is 6.47. The summed E-state index contributed by atoms with van der Waals surface area (Å²) in [6.07, 6.45) is -0.432. The first-order valence-electron chi connectivity index (χ1n) is 11.2. The highest BCUT2D eigenvalue weighted by Gasteiger charge is 2.47. The number of hydrogen-bond donors (Lipinski definition) is 2. The molecule has 0 saturated carbocycles. The molecule has 7 nitrogen and oxygen atoms in total. The highest BCUT2D eigenvalue weighted by atomic mass is 19.3. The standard InChI is InChI=1S/C25H26F2N2O5/c1-15-10-11-21(22(30)31)29(12-15)23(32)25(26,27)14-28-24(33)34-13-20-18-8-4-2-6-16(18)17-7-3-5-9-19(17)20/h2-9,15,20-21H,10-14H2,1H3,(H,28,33)(H,30,31). The molecule has 34 heavy (non-hydrogen) atoms. The number of amides is 2. The van der Waals surface area contributed by atoms with Crippen molar-refractivity contribution >= 4 is 18.0 Å². The van der Waals surface area contributed by atoms with E-state index in [0.29, 0.717) is 11.3 Å². The number of halogens is 2. The predicted molar refractivity (Wildman–Crippen MR) is 120 cm³/mol. The molecule has 0 aromatic heterocycles. The Morgan fingerprint density at radius 1 is 1.06 bits per heavy atom. The van der Waals surface area contributed by atoms with Crippen molar-refractivity contribution in [1.82, 2.24) is 10.2 Å². The number of benzene rings is 2. The van der Waals surface area contributed by atoms with Gasteiger partial charge in [-0.1, -0.05) is 55.5 Å². The fourth-order valence-electron chi connectivity index (χ4n) is 4.75. The number of nitrogens with one attached hydrogen (secondary N) is 1. The van der Waals surface area contributed by atoms with Crippen LogP contribution in [0.25, 0.3) is 11.1 Å². The number of carboxylic acids is 1. The van der Waals surface area contributed by atoms with Crippen LogP contribution in [0.3, 0.4) is 0 Å². The van der Waals surface area contributed by atoms with Gasteiger partial charge in [-0.15, -0.1) is 0 Å². The van der Waals surface area contributed by atoms with Crippen molar-refractivity contribution in [3.05, 3.63) is 59.7 Å². The zero-order valence-corrected chi connectivity index (χ0v) is 18.7. The number of fused-ring (bicyclic) bond motifs is 3. The minimum absolute atomic E-state index is 0.0515. The number of likely N-dealkylation sites (tertiary alicyclic amines) is 1. The summed E-state index contributed by atoms with van der Waals surface area (Å²) in [4.78, 5) is 36.8. The van der Waals surface area contributed by atoms with E-state index in [1.54, 1.807) is 6.92 Å². The number of aliphatic carboxylic acids is 1. The summed E-state index contributed by atoms with van der Waals surface area (Å²) in [6, 6.07) is 14.1. The second-order valence-electron chi connectivity index (χ2n) is 8.88. The van der Waals surface area contributed by atoms with Gasteiger partial charge < -0.3 is 20.1 Å². The van der Waals surface area contributed by atoms with Crippen LogP contribution in [0.5, 0.6) is 0 Å². The Bertz CT molecular complexity index is 1060. The first-order valence-corrected chi connectivity index (χ1v) is 11.2. The fourth-order valence-corrected chi connectivity index (χ4v) is 4.75. The maximum absolute atomic E-state index is 14.6. The molecule has 1 fully saturated rings. The van der Waals surface area contributed by atoms with Crippen LogP contribution in [-0.4, -0.2) is 59.6 Å². The lowest BCUT2D eigenvalue weighted by atomic mass is 9.93. The number of alkyl halides is 2. The van der Waals surface area contributed by atoms with Gasteiger partial charge in [0, 0.05) is 12.5 Å². The SMILES string of the molecule is CC1CCC(C(=O)O)N(C(=O)C(F)(F)CNC(=O)OCC2c3ccccc3-c3ccccc32)C1. The molecule has 2 amide bonds. The van der Waals surface area contributed by atoms with Crippen LogP contribution in [0.2, 0.25) is 0 Å². The van der Waals surface area contributed by atoms with Gasteiger partial charge in [0.05, 0.1) is 6.54 Å². The molecule has 180 valence electrons. The van der Waals surface area contributed by atoms with Gasteiger partial charge in [0.15, 0.2) is 0 Å². The van der Waals surface area contributed by atoms with Crippen molar-refractivity contribution in [2.24, 2.45) is 5.92 Å². The maximum Gasteiger partial charge on any atom is 0.407 e. The Hall–Kier alpha value is -3.49. The summed E-state index contributed by atoms with van der Waals surface area (Å²) >= 11 is 0. The number of piperidine rings is 1. The molecule has 2 unspecified atom stereocenters. The molecule has 0 spiro atoms. The molecule has 2 aliphatic rings. The molecule has 2 aromatic carbocycles. The van der Waals surface area contributed by atoms with Crippen LogP contribution in [0.15, 0.2) is 48.5 Å². The minimum atomic E-state index is -3.96. The van der Waals surface area contributed by atoms with Crippen molar-refractivity contribution < 1.29 is 33.0 Å². The normalized spacial score (nSPS) is 19.8. The largest absolute Gasteiger partial charge is 0.480 e. The Morgan fingerprint density at radius 2 is 1.65 bits per heavy atom. The van der Waals surface area contributed by atoms with E-state index in [0.717, 1.165) is 22.3 Å². The monoisotopic (exact) mass is 472 g/mol. The lowest BCUT2D eigenvalue weighted by Gasteiger charge is -2.37. The average molecular weight is 472 g/mol. The van der Waals surface area contributed by atoms with Gasteiger partial charge in [0.2, 0.25) is 0 Å². The molecule has 0 radical (unpaired) electrons. The van der Waals surface area contributed by atoms with Crippen LogP contribution < -0.4 is 5.32 Å². The zero-order valence-electron chi connectivity index (χ0n) is 18.7. The Morgan fingerprint density at radius 3 is 2.24 bits per heavy atom. The first kappa shape index (κ1) is 23.7. The second-order valence-corrected chi connectivity index (χ2v) is 8.88. The Balaban J connectivity index is 1.37. The van der Waals surface area contributed by atoms with Gasteiger partial charge in [-0.2, -0.15) is 8.78 Å². The number of carbonyl (C=O) groups excluding carboxylic acids is 2. The molecule has 2 atom stereocenters. The van der Waals surface area contributed by atoms with Crippen LogP contribution in [0, 0.1) is 5.92 Å². The van der Waals surface area contributed by atoms with Gasteiger partial charge in [0.1, 0.15) is 12.6 Å². The van der Waals surface area contributed by atoms with Gasteiger partial charge >= 0.3 is 18.0 Å². The van der Waals surface area contributed by atoms with E-state index in [9.17, 15) is 28.3 Å². The molecule has 1 heterocycles. The van der Waals surface area contributed by atoms with Gasteiger partial charge in [-0.25, -0.2) is 9.59 Å². The van der Waals surface area contributed by atoms with Gasteiger partial charge in [-0.3, -0.25) is 4.79 Å². The van der Waals surface area contributed by atoms with Crippen molar-refractivity contribution in [2.45, 2.75) is 37.6 Å². The Kier molecular flexibility index (Phi) is 6.54. The lowest BCUT2D eigenvalue weighted by molar-refractivity contribution is -0.168. The summed E-state index contributed by atoms with van der Waals surface area (Å²) < 4.78 is 34.4. The van der Waals surface area contributed by atoms with E-state index in [1.807, 2.05) is 53.8 Å². The van der Waals surface area contributed by atoms with Crippen LogP contribution in [0.4, 0.5) is 13.6 Å². The number of carbonyl (C=O) groups is 3. The van der Waals surface area contributed by atoms with Crippen molar-refractivity contribution in [3.8, 4) is 11.1 Å². The first-order chi connectivity index (χ1) is 16.2. The smallest absolute Gasteiger partial charge is 0.407 e. The molecular formula is C25H26F2N2O5.